The van der Waals surface area contributed by atoms with Gasteiger partial charge in [0, 0.05) is 24.3 Å². The van der Waals surface area contributed by atoms with Crippen molar-refractivity contribution in [2.75, 3.05) is 56.9 Å². The Morgan fingerprint density at radius 2 is 0.617 bits per heavy atom. The summed E-state index contributed by atoms with van der Waals surface area (Å²) in [6.07, 6.45) is 4.32. The van der Waals surface area contributed by atoms with Gasteiger partial charge in [-0.05, 0) is 133 Å². The minimum Gasteiger partial charge on any atom is -0.497 e. The van der Waals surface area contributed by atoms with Gasteiger partial charge in [-0.25, -0.2) is 0 Å². The monoisotopic (exact) mass is 814 g/mol. The van der Waals surface area contributed by atoms with Crippen molar-refractivity contribution < 1.29 is 47.4 Å². The van der Waals surface area contributed by atoms with E-state index in [1.807, 2.05) is 97.1 Å². The third-order valence-electron chi connectivity index (χ3n) is 10.3. The van der Waals surface area contributed by atoms with E-state index in [9.17, 15) is 0 Å². The minimum absolute atomic E-state index is 0.533. The highest BCUT2D eigenvalue weighted by atomic mass is 16.5. The molecule has 0 aliphatic heterocycles. The zero-order valence-electron chi connectivity index (χ0n) is 35.7. The van der Waals surface area contributed by atoms with Crippen LogP contribution in [0.2, 0.25) is 0 Å². The van der Waals surface area contributed by atoms with Gasteiger partial charge in [0.15, 0.2) is 23.0 Å². The first kappa shape index (κ1) is 42.9. The van der Waals surface area contributed by atoms with Crippen LogP contribution in [0.4, 0.5) is 0 Å². The lowest BCUT2D eigenvalue weighted by Crippen LogP contribution is -2.01. The Kier molecular flexibility index (Phi) is 14.9. The van der Waals surface area contributed by atoms with Crippen molar-refractivity contribution in [3.8, 4) is 69.0 Å². The van der Waals surface area contributed by atoms with Gasteiger partial charge >= 0.3 is 0 Å². The molecule has 6 aromatic carbocycles. The normalized spacial score (nSPS) is 10.7. The lowest BCUT2D eigenvalue weighted by molar-refractivity contribution is 0.362. The van der Waals surface area contributed by atoms with Crippen LogP contribution in [0.3, 0.4) is 0 Å². The summed E-state index contributed by atoms with van der Waals surface area (Å²) in [6, 6.07) is 35.7. The molecule has 0 aromatic heterocycles. The Bertz CT molecular complexity index is 2200. The molecule has 0 unspecified atom stereocenters. The SMILES string of the molecule is COc1cccc(CCc2cc(Oc3cc(CCc4cc(OC)cc(OC)c4)cc(Oc4cc(CCc5cccc(OC)c5)c(OC)cc4OC)c3)c(OC)cc2OC)c1. The quantitative estimate of drug-likeness (QED) is 0.0699. The molecule has 0 N–H and O–H groups in total. The molecule has 0 saturated heterocycles. The summed E-state index contributed by atoms with van der Waals surface area (Å²) >= 11 is 0. The van der Waals surface area contributed by atoms with Crippen molar-refractivity contribution in [2.45, 2.75) is 38.5 Å². The average Bonchev–Trinajstić information content (AvgIpc) is 3.29. The molecule has 6 rings (SSSR count). The maximum absolute atomic E-state index is 6.71. The van der Waals surface area contributed by atoms with Crippen LogP contribution in [-0.4, -0.2) is 56.9 Å². The van der Waals surface area contributed by atoms with Gasteiger partial charge in [-0.3, -0.25) is 0 Å². The highest BCUT2D eigenvalue weighted by Crippen LogP contribution is 2.42. The molecule has 0 saturated carbocycles. The number of ether oxygens (including phenoxy) is 10. The number of aryl methyl sites for hydroxylation is 6. The summed E-state index contributed by atoms with van der Waals surface area (Å²) in [5, 5.41) is 0. The predicted molar refractivity (Wildman–Crippen MR) is 233 cm³/mol. The Balaban J connectivity index is 1.35. The maximum atomic E-state index is 6.71. The third kappa shape index (κ3) is 11.1. The number of benzene rings is 6. The first-order chi connectivity index (χ1) is 29.3. The van der Waals surface area contributed by atoms with Crippen LogP contribution in [0.1, 0.15) is 33.4 Å². The Morgan fingerprint density at radius 3 is 1.00 bits per heavy atom. The van der Waals surface area contributed by atoms with Gasteiger partial charge in [0.2, 0.25) is 0 Å². The van der Waals surface area contributed by atoms with Crippen molar-refractivity contribution >= 4 is 0 Å². The Morgan fingerprint density at radius 1 is 0.267 bits per heavy atom. The fourth-order valence-corrected chi connectivity index (χ4v) is 7.08. The zero-order valence-corrected chi connectivity index (χ0v) is 35.7. The molecular formula is C50H54O10. The zero-order chi connectivity index (χ0) is 42.4. The molecule has 10 heteroatoms. The second-order valence-electron chi connectivity index (χ2n) is 14.1. The van der Waals surface area contributed by atoms with Crippen LogP contribution in [0.15, 0.2) is 109 Å². The second kappa shape index (κ2) is 20.8. The molecule has 0 atom stereocenters. The van der Waals surface area contributed by atoms with Crippen LogP contribution < -0.4 is 47.4 Å². The van der Waals surface area contributed by atoms with E-state index in [2.05, 4.69) is 12.1 Å². The third-order valence-corrected chi connectivity index (χ3v) is 10.3. The molecule has 0 radical (unpaired) electrons. The smallest absolute Gasteiger partial charge is 0.169 e. The molecule has 0 heterocycles. The van der Waals surface area contributed by atoms with Gasteiger partial charge in [-0.15, -0.1) is 0 Å². The van der Waals surface area contributed by atoms with E-state index in [4.69, 9.17) is 47.4 Å². The number of methoxy groups -OCH3 is 8. The second-order valence-corrected chi connectivity index (χ2v) is 14.1. The topological polar surface area (TPSA) is 92.3 Å². The van der Waals surface area contributed by atoms with Crippen LogP contribution in [0.5, 0.6) is 69.0 Å². The Labute approximate surface area is 353 Å². The summed E-state index contributed by atoms with van der Waals surface area (Å²) in [5.74, 6) is 7.81. The van der Waals surface area contributed by atoms with Crippen LogP contribution >= 0.6 is 0 Å². The molecule has 0 fully saturated rings. The van der Waals surface area contributed by atoms with E-state index in [1.165, 1.54) is 0 Å². The highest BCUT2D eigenvalue weighted by Gasteiger charge is 2.18. The molecule has 314 valence electrons. The Hall–Kier alpha value is -6.68. The minimum atomic E-state index is 0.533. The van der Waals surface area contributed by atoms with Gasteiger partial charge in [-0.2, -0.15) is 0 Å². The standard InChI is InChI=1S/C50H54O10/c1-51-39-13-9-11-33(21-39)17-19-37-27-49(47(57-7)31-45(37)55-5)59-43-25-36(16-15-35-23-41(53-3)29-42(24-35)54-4)26-44(30-43)60-50-28-38(46(56-6)32-48(50)58-8)20-18-34-12-10-14-40(22-34)52-2/h9-14,21-32H,15-20H2,1-8H3. The fraction of sp³-hybridized carbons (Fsp3) is 0.280. The first-order valence-corrected chi connectivity index (χ1v) is 19.8. The van der Waals surface area contributed by atoms with Crippen molar-refractivity contribution in [2.24, 2.45) is 0 Å². The van der Waals surface area contributed by atoms with Crippen LogP contribution in [0, 0.1) is 0 Å². The van der Waals surface area contributed by atoms with E-state index in [0.29, 0.717) is 71.7 Å². The maximum Gasteiger partial charge on any atom is 0.169 e. The summed E-state index contributed by atoms with van der Waals surface area (Å²) in [5.41, 5.74) is 6.29. The summed E-state index contributed by atoms with van der Waals surface area (Å²) in [6.45, 7) is 0. The van der Waals surface area contributed by atoms with Gasteiger partial charge in [0.05, 0.1) is 56.9 Å². The summed E-state index contributed by atoms with van der Waals surface area (Å²) in [4.78, 5) is 0. The molecule has 0 aliphatic rings. The van der Waals surface area contributed by atoms with Crippen molar-refractivity contribution in [1.29, 1.82) is 0 Å². The fourth-order valence-electron chi connectivity index (χ4n) is 7.08. The van der Waals surface area contributed by atoms with E-state index in [1.54, 1.807) is 56.9 Å². The number of rotatable bonds is 21. The predicted octanol–water partition coefficient (Wildman–Crippen LogP) is 10.7. The molecule has 0 amide bonds. The van der Waals surface area contributed by atoms with E-state index >= 15 is 0 Å². The van der Waals surface area contributed by atoms with E-state index in [-0.39, 0.29) is 0 Å². The highest BCUT2D eigenvalue weighted by molar-refractivity contribution is 5.55. The van der Waals surface area contributed by atoms with Crippen LogP contribution in [-0.2, 0) is 38.5 Å². The largest absolute Gasteiger partial charge is 0.497 e. The van der Waals surface area contributed by atoms with Crippen molar-refractivity contribution in [3.63, 3.8) is 0 Å². The lowest BCUT2D eigenvalue weighted by Gasteiger charge is -2.18. The van der Waals surface area contributed by atoms with Crippen LogP contribution in [0.25, 0.3) is 0 Å². The van der Waals surface area contributed by atoms with Crippen molar-refractivity contribution in [1.82, 2.24) is 0 Å². The average molecular weight is 815 g/mol. The number of hydrogen-bond donors (Lipinski definition) is 0. The molecule has 0 bridgehead atoms. The van der Waals surface area contributed by atoms with Gasteiger partial charge in [0.1, 0.15) is 46.0 Å². The first-order valence-electron chi connectivity index (χ1n) is 19.8. The van der Waals surface area contributed by atoms with Gasteiger partial charge < -0.3 is 47.4 Å². The molecule has 6 aromatic rings. The number of hydrogen-bond acceptors (Lipinski definition) is 10. The molecule has 60 heavy (non-hydrogen) atoms. The summed E-state index contributed by atoms with van der Waals surface area (Å²) < 4.78 is 58.7. The molecular weight excluding hydrogens is 761 g/mol. The molecule has 10 nitrogen and oxygen atoms in total. The summed E-state index contributed by atoms with van der Waals surface area (Å²) in [7, 11) is 13.2. The van der Waals surface area contributed by atoms with E-state index in [0.717, 1.165) is 69.2 Å². The van der Waals surface area contributed by atoms with Gasteiger partial charge in [0.25, 0.3) is 0 Å². The van der Waals surface area contributed by atoms with Gasteiger partial charge in [-0.1, -0.05) is 24.3 Å². The molecule has 0 aliphatic carbocycles. The van der Waals surface area contributed by atoms with E-state index < -0.39 is 0 Å². The lowest BCUT2D eigenvalue weighted by atomic mass is 10.0. The molecule has 0 spiro atoms. The van der Waals surface area contributed by atoms with Crippen molar-refractivity contribution in [3.05, 3.63) is 143 Å².